The zero-order valence-corrected chi connectivity index (χ0v) is 15.9. The van der Waals surface area contributed by atoms with Gasteiger partial charge in [0.1, 0.15) is 18.2 Å². The summed E-state index contributed by atoms with van der Waals surface area (Å²) in [6.45, 7) is 2.80. The van der Waals surface area contributed by atoms with Crippen LogP contribution in [-0.2, 0) is 13.0 Å². The minimum absolute atomic E-state index is 0.212. The van der Waals surface area contributed by atoms with E-state index in [0.717, 1.165) is 29.6 Å². The predicted molar refractivity (Wildman–Crippen MR) is 106 cm³/mol. The molecule has 1 saturated carbocycles. The second-order valence-electron chi connectivity index (χ2n) is 7.91. The van der Waals surface area contributed by atoms with Gasteiger partial charge in [-0.1, -0.05) is 69.4 Å². The van der Waals surface area contributed by atoms with Crippen molar-refractivity contribution in [2.24, 2.45) is 11.8 Å². The molecule has 0 heterocycles. The van der Waals surface area contributed by atoms with E-state index in [1.54, 1.807) is 6.07 Å². The summed E-state index contributed by atoms with van der Waals surface area (Å²) in [6.07, 6.45) is 10.8. The van der Waals surface area contributed by atoms with Crippen molar-refractivity contribution in [1.29, 1.82) is 0 Å². The molecule has 0 radical (unpaired) electrons. The maximum absolute atomic E-state index is 13.3. The minimum Gasteiger partial charge on any atom is -0.489 e. The van der Waals surface area contributed by atoms with Crippen LogP contribution in [0, 0.1) is 17.7 Å². The molecule has 0 spiro atoms. The Morgan fingerprint density at radius 1 is 1.04 bits per heavy atom. The van der Waals surface area contributed by atoms with Gasteiger partial charge in [-0.05, 0) is 60.4 Å². The van der Waals surface area contributed by atoms with Gasteiger partial charge in [0.05, 0.1) is 0 Å². The lowest BCUT2D eigenvalue weighted by atomic mass is 9.82. The predicted octanol–water partition coefficient (Wildman–Crippen LogP) is 6.94. The molecule has 0 N–H and O–H groups in total. The third kappa shape index (κ3) is 5.86. The summed E-state index contributed by atoms with van der Waals surface area (Å²) in [5.74, 6) is 2.42. The highest BCUT2D eigenvalue weighted by Crippen LogP contribution is 2.31. The summed E-state index contributed by atoms with van der Waals surface area (Å²) in [5.41, 5.74) is 2.13. The van der Waals surface area contributed by atoms with Gasteiger partial charge < -0.3 is 4.74 Å². The molecule has 1 atom stereocenters. The Labute approximate surface area is 157 Å². The zero-order chi connectivity index (χ0) is 18.2. The number of halogens is 1. The summed E-state index contributed by atoms with van der Waals surface area (Å²) in [4.78, 5) is 0. The topological polar surface area (TPSA) is 9.23 Å². The standard InChI is InChI=1S/C24H31FO/c1-19(16-20-8-3-2-4-9-20)14-15-22-11-5-6-13-24(22)26-18-21-10-7-12-23(25)17-21/h5-7,10-13,17,19-20H,2-4,8-9,14-16,18H2,1H3. The summed E-state index contributed by atoms with van der Waals surface area (Å²) in [5, 5.41) is 0. The normalized spacial score (nSPS) is 16.4. The van der Waals surface area contributed by atoms with Crippen molar-refractivity contribution in [3.63, 3.8) is 0 Å². The molecule has 2 aromatic rings. The molecule has 3 rings (SSSR count). The van der Waals surface area contributed by atoms with Crippen LogP contribution < -0.4 is 4.74 Å². The van der Waals surface area contributed by atoms with E-state index in [2.05, 4.69) is 19.1 Å². The number of hydrogen-bond acceptors (Lipinski definition) is 1. The highest BCUT2D eigenvalue weighted by Gasteiger charge is 2.16. The lowest BCUT2D eigenvalue weighted by Gasteiger charge is -2.24. The van der Waals surface area contributed by atoms with E-state index in [9.17, 15) is 4.39 Å². The zero-order valence-electron chi connectivity index (χ0n) is 15.9. The van der Waals surface area contributed by atoms with Gasteiger partial charge in [-0.15, -0.1) is 0 Å². The van der Waals surface area contributed by atoms with Crippen molar-refractivity contribution in [1.82, 2.24) is 0 Å². The highest BCUT2D eigenvalue weighted by molar-refractivity contribution is 5.33. The van der Waals surface area contributed by atoms with Crippen molar-refractivity contribution in [3.8, 4) is 5.75 Å². The lowest BCUT2D eigenvalue weighted by molar-refractivity contribution is 0.285. The average Bonchev–Trinajstić information content (AvgIpc) is 2.66. The Bertz CT molecular complexity index is 675. The number of rotatable bonds is 8. The van der Waals surface area contributed by atoms with Gasteiger partial charge in [-0.2, -0.15) is 0 Å². The third-order valence-electron chi connectivity index (χ3n) is 5.62. The first-order chi connectivity index (χ1) is 12.7. The van der Waals surface area contributed by atoms with E-state index in [4.69, 9.17) is 4.74 Å². The first kappa shape index (κ1) is 18.9. The Morgan fingerprint density at radius 2 is 1.85 bits per heavy atom. The van der Waals surface area contributed by atoms with Crippen LogP contribution in [0.3, 0.4) is 0 Å². The van der Waals surface area contributed by atoms with Gasteiger partial charge >= 0.3 is 0 Å². The van der Waals surface area contributed by atoms with Crippen LogP contribution in [0.1, 0.15) is 63.0 Å². The number of ether oxygens (including phenoxy) is 1. The summed E-state index contributed by atoms with van der Waals surface area (Å²) in [7, 11) is 0. The molecule has 0 amide bonds. The van der Waals surface area contributed by atoms with Crippen LogP contribution in [0.5, 0.6) is 5.75 Å². The minimum atomic E-state index is -0.212. The van der Waals surface area contributed by atoms with Crippen LogP contribution >= 0.6 is 0 Å². The van der Waals surface area contributed by atoms with Crippen molar-refractivity contribution < 1.29 is 9.13 Å². The van der Waals surface area contributed by atoms with Crippen molar-refractivity contribution in [3.05, 3.63) is 65.5 Å². The SMILES string of the molecule is CC(CCc1ccccc1OCc1cccc(F)c1)CC1CCCCC1. The first-order valence-electron chi connectivity index (χ1n) is 10.2. The number of para-hydroxylation sites is 1. The molecule has 2 aromatic carbocycles. The van der Waals surface area contributed by atoms with E-state index in [-0.39, 0.29) is 5.82 Å². The van der Waals surface area contributed by atoms with Crippen molar-refractivity contribution in [2.45, 2.75) is 64.9 Å². The van der Waals surface area contributed by atoms with E-state index in [0.29, 0.717) is 6.61 Å². The molecule has 26 heavy (non-hydrogen) atoms. The van der Waals surface area contributed by atoms with E-state index in [1.165, 1.54) is 62.6 Å². The van der Waals surface area contributed by atoms with Crippen molar-refractivity contribution >= 4 is 0 Å². The number of hydrogen-bond donors (Lipinski definition) is 0. The molecule has 0 aromatic heterocycles. The molecule has 0 saturated heterocycles. The largest absolute Gasteiger partial charge is 0.489 e. The Kier molecular flexibility index (Phi) is 7.11. The molecular weight excluding hydrogens is 323 g/mol. The summed E-state index contributed by atoms with van der Waals surface area (Å²) < 4.78 is 19.3. The molecule has 0 bridgehead atoms. The van der Waals surface area contributed by atoms with E-state index < -0.39 is 0 Å². The molecule has 1 aliphatic rings. The molecule has 1 unspecified atom stereocenters. The van der Waals surface area contributed by atoms with Gasteiger partial charge in [0, 0.05) is 0 Å². The fourth-order valence-corrected chi connectivity index (χ4v) is 4.15. The van der Waals surface area contributed by atoms with E-state index in [1.807, 2.05) is 18.2 Å². The molecule has 0 aliphatic heterocycles. The van der Waals surface area contributed by atoms with Gasteiger partial charge in [0.2, 0.25) is 0 Å². The monoisotopic (exact) mass is 354 g/mol. The maximum atomic E-state index is 13.3. The second kappa shape index (κ2) is 9.75. The van der Waals surface area contributed by atoms with Gasteiger partial charge in [0.15, 0.2) is 0 Å². The molecule has 140 valence electrons. The van der Waals surface area contributed by atoms with Crippen molar-refractivity contribution in [2.75, 3.05) is 0 Å². The van der Waals surface area contributed by atoms with Crippen LogP contribution in [0.15, 0.2) is 48.5 Å². The maximum Gasteiger partial charge on any atom is 0.123 e. The average molecular weight is 355 g/mol. The molecule has 1 nitrogen and oxygen atoms in total. The fourth-order valence-electron chi connectivity index (χ4n) is 4.15. The first-order valence-corrected chi connectivity index (χ1v) is 10.2. The van der Waals surface area contributed by atoms with Gasteiger partial charge in [-0.3, -0.25) is 0 Å². The van der Waals surface area contributed by atoms with Crippen LogP contribution in [0.4, 0.5) is 4.39 Å². The fraction of sp³-hybridized carbons (Fsp3) is 0.500. The van der Waals surface area contributed by atoms with E-state index >= 15 is 0 Å². The summed E-state index contributed by atoms with van der Waals surface area (Å²) in [6, 6.07) is 14.9. The van der Waals surface area contributed by atoms with Gasteiger partial charge in [0.25, 0.3) is 0 Å². The highest BCUT2D eigenvalue weighted by atomic mass is 19.1. The second-order valence-corrected chi connectivity index (χ2v) is 7.91. The summed E-state index contributed by atoms with van der Waals surface area (Å²) >= 11 is 0. The Hall–Kier alpha value is -1.83. The molecule has 1 fully saturated rings. The number of aryl methyl sites for hydroxylation is 1. The third-order valence-corrected chi connectivity index (χ3v) is 5.62. The molecule has 1 aliphatic carbocycles. The number of benzene rings is 2. The quantitative estimate of drug-likeness (QED) is 0.498. The lowest BCUT2D eigenvalue weighted by Crippen LogP contribution is -2.11. The Morgan fingerprint density at radius 3 is 2.65 bits per heavy atom. The molecular formula is C24H31FO. The van der Waals surface area contributed by atoms with Crippen LogP contribution in [0.25, 0.3) is 0 Å². The Balaban J connectivity index is 1.51. The molecule has 2 heteroatoms. The van der Waals surface area contributed by atoms with Gasteiger partial charge in [-0.25, -0.2) is 4.39 Å². The van der Waals surface area contributed by atoms with Crippen LogP contribution in [0.2, 0.25) is 0 Å². The van der Waals surface area contributed by atoms with Crippen LogP contribution in [-0.4, -0.2) is 0 Å². The smallest absolute Gasteiger partial charge is 0.123 e.